The zero-order chi connectivity index (χ0) is 25.5. The highest BCUT2D eigenvalue weighted by Crippen LogP contribution is 2.31. The van der Waals surface area contributed by atoms with E-state index >= 15 is 0 Å². The van der Waals surface area contributed by atoms with Gasteiger partial charge in [0.2, 0.25) is 5.91 Å². The second-order valence-corrected chi connectivity index (χ2v) is 9.10. The van der Waals surface area contributed by atoms with Crippen LogP contribution in [0.25, 0.3) is 10.8 Å². The van der Waals surface area contributed by atoms with Crippen molar-refractivity contribution in [3.63, 3.8) is 0 Å². The lowest BCUT2D eigenvalue weighted by atomic mass is 9.95. The molecule has 1 aliphatic rings. The van der Waals surface area contributed by atoms with E-state index in [1.807, 2.05) is 72.5 Å². The van der Waals surface area contributed by atoms with Gasteiger partial charge in [0.15, 0.2) is 11.5 Å². The molecule has 0 aromatic heterocycles. The molecule has 2 amide bonds. The highest BCUT2D eigenvalue weighted by molar-refractivity contribution is 6.07. The van der Waals surface area contributed by atoms with E-state index in [1.165, 1.54) is 0 Å². The Kier molecular flexibility index (Phi) is 8.44. The number of carbonyl (C=O) groups excluding carboxylic acids is 2. The number of hydrogen-bond acceptors (Lipinski definition) is 5. The number of nitrogens with one attached hydrogen (secondary N) is 1. The zero-order valence-electron chi connectivity index (χ0n) is 21.2. The molecule has 1 aliphatic heterocycles. The van der Waals surface area contributed by atoms with Crippen molar-refractivity contribution >= 4 is 22.6 Å². The van der Waals surface area contributed by atoms with Crippen LogP contribution in [0.5, 0.6) is 11.5 Å². The van der Waals surface area contributed by atoms with Crippen LogP contribution in [0.2, 0.25) is 0 Å². The summed E-state index contributed by atoms with van der Waals surface area (Å²) in [7, 11) is 3.22. The topological polar surface area (TPSA) is 77.1 Å². The van der Waals surface area contributed by atoms with Crippen LogP contribution in [0.3, 0.4) is 0 Å². The average Bonchev–Trinajstić information content (AvgIpc) is 2.92. The molecule has 0 aliphatic carbocycles. The van der Waals surface area contributed by atoms with E-state index in [-0.39, 0.29) is 23.8 Å². The second-order valence-electron chi connectivity index (χ2n) is 9.10. The summed E-state index contributed by atoms with van der Waals surface area (Å²) in [5, 5.41) is 5.10. The number of ether oxygens (including phenoxy) is 3. The Morgan fingerprint density at radius 2 is 1.83 bits per heavy atom. The normalized spacial score (nSPS) is 16.4. The first-order valence-electron chi connectivity index (χ1n) is 12.4. The van der Waals surface area contributed by atoms with Gasteiger partial charge in [-0.05, 0) is 54.3 Å². The molecule has 36 heavy (non-hydrogen) atoms. The molecule has 0 bridgehead atoms. The molecule has 7 nitrogen and oxygen atoms in total. The van der Waals surface area contributed by atoms with Crippen LogP contribution in [0.15, 0.2) is 60.7 Å². The number of likely N-dealkylation sites (tertiary alicyclic amines) is 1. The van der Waals surface area contributed by atoms with E-state index in [4.69, 9.17) is 14.2 Å². The molecule has 190 valence electrons. The Morgan fingerprint density at radius 1 is 1.03 bits per heavy atom. The summed E-state index contributed by atoms with van der Waals surface area (Å²) in [6.45, 7) is 3.92. The molecular formula is C29H34N2O5. The number of hydrogen-bond donors (Lipinski definition) is 1. The maximum atomic E-state index is 13.4. The Hall–Kier alpha value is -3.58. The summed E-state index contributed by atoms with van der Waals surface area (Å²) >= 11 is 0. The van der Waals surface area contributed by atoms with Crippen molar-refractivity contribution < 1.29 is 23.8 Å². The van der Waals surface area contributed by atoms with E-state index < -0.39 is 0 Å². The predicted octanol–water partition coefficient (Wildman–Crippen LogP) is 4.60. The molecule has 3 aromatic rings. The van der Waals surface area contributed by atoms with Gasteiger partial charge in [0.25, 0.3) is 5.91 Å². The van der Waals surface area contributed by atoms with Crippen LogP contribution >= 0.6 is 0 Å². The average molecular weight is 491 g/mol. The monoisotopic (exact) mass is 490 g/mol. The first kappa shape index (κ1) is 25.5. The molecule has 7 heteroatoms. The molecule has 0 radical (unpaired) electrons. The lowest BCUT2D eigenvalue weighted by Crippen LogP contribution is -2.45. The zero-order valence-corrected chi connectivity index (χ0v) is 21.2. The SMILES string of the molecule is COCCOc1ccc(C(C)NC(=O)C2CCCN(C(=O)c3cccc4ccccc34)C2)cc1OC. The van der Waals surface area contributed by atoms with Crippen molar-refractivity contribution in [1.82, 2.24) is 10.2 Å². The molecule has 0 spiro atoms. The molecule has 1 N–H and O–H groups in total. The highest BCUT2D eigenvalue weighted by Gasteiger charge is 2.30. The summed E-state index contributed by atoms with van der Waals surface area (Å²) in [5.41, 5.74) is 1.60. The fourth-order valence-electron chi connectivity index (χ4n) is 4.68. The number of nitrogens with zero attached hydrogens (tertiary/aromatic N) is 1. The summed E-state index contributed by atoms with van der Waals surface area (Å²) in [6.07, 6.45) is 1.55. The summed E-state index contributed by atoms with van der Waals surface area (Å²) in [6, 6.07) is 19.1. The van der Waals surface area contributed by atoms with E-state index in [9.17, 15) is 9.59 Å². The number of fused-ring (bicyclic) bond motifs is 1. The van der Waals surface area contributed by atoms with Crippen molar-refractivity contribution in [2.24, 2.45) is 5.92 Å². The number of piperidine rings is 1. The maximum Gasteiger partial charge on any atom is 0.254 e. The van der Waals surface area contributed by atoms with Gasteiger partial charge in [-0.3, -0.25) is 9.59 Å². The standard InChI is InChI=1S/C29H34N2O5/c1-20(22-13-14-26(27(18-22)35-3)36-17-16-34-2)30-28(32)23-10-7-15-31(19-23)29(33)25-12-6-9-21-8-4-5-11-24(21)25/h4-6,8-9,11-14,18,20,23H,7,10,15-17,19H2,1-3H3,(H,30,32). The molecule has 4 rings (SSSR count). The first-order chi connectivity index (χ1) is 17.5. The smallest absolute Gasteiger partial charge is 0.254 e. The number of rotatable bonds is 9. The van der Waals surface area contributed by atoms with Gasteiger partial charge in [-0.25, -0.2) is 0 Å². The Labute approximate surface area is 212 Å². The minimum Gasteiger partial charge on any atom is -0.493 e. The molecule has 2 unspecified atom stereocenters. The first-order valence-corrected chi connectivity index (χ1v) is 12.4. The fraction of sp³-hybridized carbons (Fsp3) is 0.379. The number of amides is 2. The van der Waals surface area contributed by atoms with Gasteiger partial charge in [-0.2, -0.15) is 0 Å². The Bertz CT molecular complexity index is 1210. The van der Waals surface area contributed by atoms with Crippen molar-refractivity contribution in [1.29, 1.82) is 0 Å². The van der Waals surface area contributed by atoms with Crippen LogP contribution in [0.1, 0.15) is 41.7 Å². The maximum absolute atomic E-state index is 13.4. The molecular weight excluding hydrogens is 456 g/mol. The Morgan fingerprint density at radius 3 is 2.64 bits per heavy atom. The third kappa shape index (κ3) is 5.79. The van der Waals surface area contributed by atoms with Gasteiger partial charge in [-0.15, -0.1) is 0 Å². The van der Waals surface area contributed by atoms with Crippen LogP contribution < -0.4 is 14.8 Å². The fourth-order valence-corrected chi connectivity index (χ4v) is 4.68. The summed E-state index contributed by atoms with van der Waals surface area (Å²) in [5.74, 6) is 0.919. The van der Waals surface area contributed by atoms with E-state index in [0.29, 0.717) is 43.4 Å². The Balaban J connectivity index is 1.41. The third-order valence-electron chi connectivity index (χ3n) is 6.69. The number of carbonyl (C=O) groups is 2. The van der Waals surface area contributed by atoms with Gasteiger partial charge in [-0.1, -0.05) is 42.5 Å². The minimum absolute atomic E-state index is 0.0221. The predicted molar refractivity (Wildman–Crippen MR) is 139 cm³/mol. The van der Waals surface area contributed by atoms with Crippen LogP contribution in [0.4, 0.5) is 0 Å². The number of methoxy groups -OCH3 is 2. The summed E-state index contributed by atoms with van der Waals surface area (Å²) < 4.78 is 16.2. The van der Waals surface area contributed by atoms with E-state index in [2.05, 4.69) is 5.32 Å². The highest BCUT2D eigenvalue weighted by atomic mass is 16.5. The molecule has 1 heterocycles. The molecule has 1 fully saturated rings. The van der Waals surface area contributed by atoms with Gasteiger partial charge in [0.05, 0.1) is 25.7 Å². The molecule has 2 atom stereocenters. The van der Waals surface area contributed by atoms with Gasteiger partial charge < -0.3 is 24.4 Å². The lowest BCUT2D eigenvalue weighted by molar-refractivity contribution is -0.127. The van der Waals surface area contributed by atoms with Crippen LogP contribution in [-0.2, 0) is 9.53 Å². The number of benzene rings is 3. The largest absolute Gasteiger partial charge is 0.493 e. The summed E-state index contributed by atoms with van der Waals surface area (Å²) in [4.78, 5) is 28.4. The van der Waals surface area contributed by atoms with E-state index in [0.717, 1.165) is 29.2 Å². The van der Waals surface area contributed by atoms with Crippen molar-refractivity contribution in [3.05, 3.63) is 71.8 Å². The molecule has 0 saturated carbocycles. The lowest BCUT2D eigenvalue weighted by Gasteiger charge is -2.33. The van der Waals surface area contributed by atoms with Gasteiger partial charge in [0, 0.05) is 25.8 Å². The van der Waals surface area contributed by atoms with Crippen molar-refractivity contribution in [2.45, 2.75) is 25.8 Å². The third-order valence-corrected chi connectivity index (χ3v) is 6.69. The second kappa shape index (κ2) is 11.9. The quantitative estimate of drug-likeness (QED) is 0.444. The van der Waals surface area contributed by atoms with E-state index in [1.54, 1.807) is 14.2 Å². The van der Waals surface area contributed by atoms with Crippen molar-refractivity contribution in [2.75, 3.05) is 40.5 Å². The molecule has 1 saturated heterocycles. The van der Waals surface area contributed by atoms with Crippen LogP contribution in [0, 0.1) is 5.92 Å². The molecule has 3 aromatic carbocycles. The minimum atomic E-state index is -0.251. The van der Waals surface area contributed by atoms with Gasteiger partial charge in [0.1, 0.15) is 6.61 Å². The van der Waals surface area contributed by atoms with Gasteiger partial charge >= 0.3 is 0 Å². The van der Waals surface area contributed by atoms with Crippen molar-refractivity contribution in [3.8, 4) is 11.5 Å². The van der Waals surface area contributed by atoms with Crippen LogP contribution in [-0.4, -0.2) is 57.2 Å².